The topological polar surface area (TPSA) is 85.7 Å². The Morgan fingerprint density at radius 3 is 2.79 bits per heavy atom. The molecule has 2 aliphatic heterocycles. The molecule has 178 valence electrons. The van der Waals surface area contributed by atoms with Crippen molar-refractivity contribution in [1.82, 2.24) is 15.1 Å². The van der Waals surface area contributed by atoms with Gasteiger partial charge in [-0.2, -0.15) is 5.26 Å². The average molecular weight is 471 g/mol. The smallest absolute Gasteiger partial charge is 0.411 e. The van der Waals surface area contributed by atoms with E-state index in [1.165, 1.54) is 10.5 Å². The van der Waals surface area contributed by atoms with Crippen LogP contribution in [0, 0.1) is 17.2 Å². The molecule has 0 radical (unpaired) electrons. The number of nitriles is 1. The van der Waals surface area contributed by atoms with Crippen LogP contribution in [-0.2, 0) is 16.0 Å². The highest BCUT2D eigenvalue weighted by molar-refractivity contribution is 7.13. The van der Waals surface area contributed by atoms with Crippen LogP contribution < -0.4 is 5.32 Å². The summed E-state index contributed by atoms with van der Waals surface area (Å²) in [6.07, 6.45) is 5.98. The number of hydrogen-bond donors (Lipinski definition) is 1. The van der Waals surface area contributed by atoms with Crippen molar-refractivity contribution in [1.29, 1.82) is 5.26 Å². The first kappa shape index (κ1) is 23.8. The average Bonchev–Trinajstić information content (AvgIpc) is 3.48. The van der Waals surface area contributed by atoms with Crippen LogP contribution in [0.4, 0.5) is 4.79 Å². The van der Waals surface area contributed by atoms with Gasteiger partial charge in [0.1, 0.15) is 17.7 Å². The monoisotopic (exact) mass is 470 g/mol. The standard InChI is InChI=1S/C25H34N4O3S/c1-25(2,3)32-24(31)29-19-6-5-17(13-19)22(29)23(30)27-18(15-26)14-20-7-8-21(33-20)16-9-11-28(4)12-10-16/h7-9,17-19,22H,5-6,10-14H2,1-4H3,(H,27,30)/t17?,18-,19+,22-/m0/s1. The number of thiophene rings is 1. The Morgan fingerprint density at radius 1 is 1.33 bits per heavy atom. The van der Waals surface area contributed by atoms with Crippen molar-refractivity contribution in [2.24, 2.45) is 5.92 Å². The number of hydrogen-bond acceptors (Lipinski definition) is 6. The molecule has 0 spiro atoms. The second-order valence-corrected chi connectivity index (χ2v) is 11.6. The van der Waals surface area contributed by atoms with Gasteiger partial charge in [0.05, 0.1) is 6.07 Å². The molecular formula is C25H34N4O3S. The minimum absolute atomic E-state index is 0.0452. The van der Waals surface area contributed by atoms with E-state index >= 15 is 0 Å². The van der Waals surface area contributed by atoms with Crippen molar-refractivity contribution in [2.75, 3.05) is 20.1 Å². The summed E-state index contributed by atoms with van der Waals surface area (Å²) in [6.45, 7) is 7.50. The zero-order valence-corrected chi connectivity index (χ0v) is 20.8. The summed E-state index contributed by atoms with van der Waals surface area (Å²) >= 11 is 1.69. The minimum Gasteiger partial charge on any atom is -0.444 e. The maximum absolute atomic E-state index is 13.2. The summed E-state index contributed by atoms with van der Waals surface area (Å²) in [5, 5.41) is 12.7. The largest absolute Gasteiger partial charge is 0.444 e. The van der Waals surface area contributed by atoms with Gasteiger partial charge in [-0.05, 0) is 77.1 Å². The molecule has 1 N–H and O–H groups in total. The normalized spacial score (nSPS) is 26.0. The number of nitrogens with one attached hydrogen (secondary N) is 1. The number of nitrogens with zero attached hydrogens (tertiary/aromatic N) is 3. The summed E-state index contributed by atoms with van der Waals surface area (Å²) in [5.41, 5.74) is 0.742. The SMILES string of the molecule is CN1CC=C(c2ccc(C[C@@H](C#N)NC(=O)[C@@H]3C4CC[C@H](C4)N3C(=O)OC(C)(C)C)s2)CC1. The minimum atomic E-state index is -0.630. The number of carbonyl (C=O) groups is 2. The molecule has 1 aliphatic carbocycles. The van der Waals surface area contributed by atoms with Crippen molar-refractivity contribution >= 4 is 28.9 Å². The lowest BCUT2D eigenvalue weighted by Gasteiger charge is -2.35. The Bertz CT molecular complexity index is 973. The molecule has 1 aromatic rings. The fourth-order valence-corrected chi connectivity index (χ4v) is 6.27. The first-order chi connectivity index (χ1) is 15.6. The molecule has 0 aromatic carbocycles. The van der Waals surface area contributed by atoms with Gasteiger partial charge in [-0.3, -0.25) is 9.69 Å². The van der Waals surface area contributed by atoms with Crippen LogP contribution in [0.3, 0.4) is 0 Å². The highest BCUT2D eigenvalue weighted by atomic mass is 32.1. The molecule has 1 saturated heterocycles. The van der Waals surface area contributed by atoms with Gasteiger partial charge in [0, 0.05) is 35.3 Å². The van der Waals surface area contributed by atoms with Crippen molar-refractivity contribution in [3.05, 3.63) is 28.0 Å². The summed E-state index contributed by atoms with van der Waals surface area (Å²) in [7, 11) is 2.12. The highest BCUT2D eigenvalue weighted by Gasteiger charge is 2.52. The molecular weight excluding hydrogens is 436 g/mol. The predicted octanol–water partition coefficient (Wildman–Crippen LogP) is 3.81. The number of likely N-dealkylation sites (tertiary alicyclic amines) is 1. The van der Waals surface area contributed by atoms with Crippen LogP contribution in [0.1, 0.15) is 56.2 Å². The molecule has 1 aromatic heterocycles. The van der Waals surface area contributed by atoms with Gasteiger partial charge in [0.2, 0.25) is 5.91 Å². The van der Waals surface area contributed by atoms with Gasteiger partial charge in [-0.25, -0.2) is 4.79 Å². The van der Waals surface area contributed by atoms with E-state index in [-0.39, 0.29) is 17.9 Å². The first-order valence-electron chi connectivity index (χ1n) is 11.8. The number of fused-ring (bicyclic) bond motifs is 2. The maximum Gasteiger partial charge on any atom is 0.411 e. The number of ether oxygens (including phenoxy) is 1. The van der Waals surface area contributed by atoms with Gasteiger partial charge in [-0.1, -0.05) is 6.08 Å². The number of amides is 2. The van der Waals surface area contributed by atoms with E-state index in [0.717, 1.165) is 43.6 Å². The fourth-order valence-electron chi connectivity index (χ4n) is 5.14. The number of likely N-dealkylation sites (N-methyl/N-ethyl adjacent to an activating group) is 1. The van der Waals surface area contributed by atoms with Crippen LogP contribution in [0.15, 0.2) is 18.2 Å². The first-order valence-corrected chi connectivity index (χ1v) is 12.6. The Balaban J connectivity index is 1.40. The lowest BCUT2D eigenvalue weighted by Crippen LogP contribution is -2.55. The van der Waals surface area contributed by atoms with Gasteiger partial charge < -0.3 is 15.0 Å². The third-order valence-corrected chi connectivity index (χ3v) is 7.91. The van der Waals surface area contributed by atoms with Crippen LogP contribution in [0.2, 0.25) is 0 Å². The number of piperidine rings is 1. The second-order valence-electron chi connectivity index (χ2n) is 10.5. The fraction of sp³-hybridized carbons (Fsp3) is 0.640. The summed E-state index contributed by atoms with van der Waals surface area (Å²) in [4.78, 5) is 32.3. The maximum atomic E-state index is 13.2. The summed E-state index contributed by atoms with van der Waals surface area (Å²) < 4.78 is 5.58. The van der Waals surface area contributed by atoms with Gasteiger partial charge in [-0.15, -0.1) is 11.3 Å². The molecule has 33 heavy (non-hydrogen) atoms. The highest BCUT2D eigenvalue weighted by Crippen LogP contribution is 2.43. The summed E-state index contributed by atoms with van der Waals surface area (Å²) in [5.74, 6) is -0.110. The Hall–Kier alpha value is -2.37. The molecule has 8 heteroatoms. The number of rotatable bonds is 5. The molecule has 1 unspecified atom stereocenters. The molecule has 3 aliphatic rings. The van der Waals surface area contributed by atoms with Crippen LogP contribution in [-0.4, -0.2) is 65.7 Å². The summed E-state index contributed by atoms with van der Waals surface area (Å²) in [6, 6.07) is 5.28. The molecule has 7 nitrogen and oxygen atoms in total. The zero-order chi connectivity index (χ0) is 23.8. The Kier molecular flexibility index (Phi) is 6.83. The van der Waals surface area contributed by atoms with E-state index in [0.29, 0.717) is 6.42 Å². The third kappa shape index (κ3) is 5.42. The Labute approximate surface area is 200 Å². The van der Waals surface area contributed by atoms with Gasteiger partial charge in [0.15, 0.2) is 0 Å². The number of carbonyl (C=O) groups excluding carboxylic acids is 2. The lowest BCUT2D eigenvalue weighted by atomic mass is 9.97. The van der Waals surface area contributed by atoms with Gasteiger partial charge in [0.25, 0.3) is 0 Å². The molecule has 4 atom stereocenters. The van der Waals surface area contributed by atoms with Crippen molar-refractivity contribution in [2.45, 2.75) is 76.6 Å². The Morgan fingerprint density at radius 2 is 2.12 bits per heavy atom. The van der Waals surface area contributed by atoms with Crippen LogP contribution in [0.5, 0.6) is 0 Å². The molecule has 4 rings (SSSR count). The molecule has 1 saturated carbocycles. The van der Waals surface area contributed by atoms with Gasteiger partial charge >= 0.3 is 6.09 Å². The van der Waals surface area contributed by atoms with E-state index in [2.05, 4.69) is 41.5 Å². The van der Waals surface area contributed by atoms with E-state index in [1.54, 1.807) is 16.2 Å². The lowest BCUT2D eigenvalue weighted by molar-refractivity contribution is -0.128. The van der Waals surface area contributed by atoms with E-state index in [1.807, 2.05) is 20.8 Å². The predicted molar refractivity (Wildman–Crippen MR) is 129 cm³/mol. The van der Waals surface area contributed by atoms with Crippen LogP contribution >= 0.6 is 11.3 Å². The quantitative estimate of drug-likeness (QED) is 0.707. The molecule has 2 fully saturated rings. The van der Waals surface area contributed by atoms with E-state index in [9.17, 15) is 14.9 Å². The molecule has 2 bridgehead atoms. The van der Waals surface area contributed by atoms with E-state index < -0.39 is 23.8 Å². The van der Waals surface area contributed by atoms with Crippen molar-refractivity contribution in [3.8, 4) is 6.07 Å². The van der Waals surface area contributed by atoms with Crippen LogP contribution in [0.25, 0.3) is 5.57 Å². The van der Waals surface area contributed by atoms with Crippen molar-refractivity contribution < 1.29 is 14.3 Å². The molecule has 3 heterocycles. The zero-order valence-electron chi connectivity index (χ0n) is 20.0. The van der Waals surface area contributed by atoms with Crippen molar-refractivity contribution in [3.63, 3.8) is 0 Å². The second kappa shape index (κ2) is 9.47. The molecule has 2 amide bonds. The third-order valence-electron chi connectivity index (χ3n) is 6.73. The van der Waals surface area contributed by atoms with E-state index in [4.69, 9.17) is 4.74 Å².